The van der Waals surface area contributed by atoms with Crippen molar-refractivity contribution < 1.29 is 18.0 Å². The number of halogens is 3. The Morgan fingerprint density at radius 1 is 1.07 bits per heavy atom. The van der Waals surface area contributed by atoms with Gasteiger partial charge in [-0.1, -0.05) is 42.1 Å². The van der Waals surface area contributed by atoms with E-state index in [1.165, 1.54) is 18.2 Å². The average molecular weight is 408 g/mol. The number of benzene rings is 2. The first kappa shape index (κ1) is 22.0. The van der Waals surface area contributed by atoms with E-state index < -0.39 is 11.7 Å². The van der Waals surface area contributed by atoms with Gasteiger partial charge in [0, 0.05) is 22.4 Å². The van der Waals surface area contributed by atoms with Crippen LogP contribution in [0.4, 0.5) is 13.2 Å². The molecule has 1 amide bonds. The van der Waals surface area contributed by atoms with Gasteiger partial charge in [-0.2, -0.15) is 13.2 Å². The maximum Gasteiger partial charge on any atom is 0.417 e. The normalized spacial score (nSPS) is 11.9. The summed E-state index contributed by atoms with van der Waals surface area (Å²) < 4.78 is 39.7. The van der Waals surface area contributed by atoms with Gasteiger partial charge in [-0.05, 0) is 56.9 Å². The van der Waals surface area contributed by atoms with E-state index >= 15 is 0 Å². The summed E-state index contributed by atoms with van der Waals surface area (Å²) in [5.41, 5.74) is 0.0188. The van der Waals surface area contributed by atoms with Crippen molar-refractivity contribution in [2.75, 3.05) is 27.2 Å². The molecule has 0 aliphatic heterocycles. The van der Waals surface area contributed by atoms with Crippen molar-refractivity contribution in [3.63, 3.8) is 0 Å². The molecule has 0 radical (unpaired) electrons. The van der Waals surface area contributed by atoms with Gasteiger partial charge in [0.25, 0.3) is 0 Å². The van der Waals surface area contributed by atoms with Crippen LogP contribution in [0.15, 0.2) is 64.4 Å². The molecule has 0 heterocycles. The third-order valence-corrected chi connectivity index (χ3v) is 4.99. The molecule has 1 N–H and O–H groups in total. The zero-order chi connectivity index (χ0) is 20.6. The van der Waals surface area contributed by atoms with Gasteiger partial charge in [-0.15, -0.1) is 0 Å². The van der Waals surface area contributed by atoms with Crippen molar-refractivity contribution in [2.24, 2.45) is 0 Å². The van der Waals surface area contributed by atoms with Crippen molar-refractivity contribution in [1.82, 2.24) is 10.2 Å². The molecule has 0 aliphatic carbocycles. The molecule has 2 rings (SSSR count). The molecule has 0 saturated carbocycles. The third kappa shape index (κ3) is 7.05. The minimum atomic E-state index is -4.42. The lowest BCUT2D eigenvalue weighted by Crippen LogP contribution is -2.25. The van der Waals surface area contributed by atoms with Gasteiger partial charge in [-0.25, -0.2) is 0 Å². The summed E-state index contributed by atoms with van der Waals surface area (Å²) in [5.74, 6) is -0.228. The lowest BCUT2D eigenvalue weighted by molar-refractivity contribution is -0.139. The van der Waals surface area contributed by atoms with Crippen LogP contribution in [0.2, 0.25) is 0 Å². The van der Waals surface area contributed by atoms with Gasteiger partial charge in [0.05, 0.1) is 5.56 Å². The van der Waals surface area contributed by atoms with E-state index in [0.29, 0.717) is 17.0 Å². The van der Waals surface area contributed by atoms with Crippen LogP contribution < -0.4 is 5.32 Å². The first-order chi connectivity index (χ1) is 13.3. The third-order valence-electron chi connectivity index (χ3n) is 3.83. The summed E-state index contributed by atoms with van der Waals surface area (Å²) in [7, 11) is 3.93. The van der Waals surface area contributed by atoms with Crippen molar-refractivity contribution in [3.8, 4) is 0 Å². The predicted molar refractivity (Wildman–Crippen MR) is 107 cm³/mol. The Morgan fingerprint density at radius 3 is 2.39 bits per heavy atom. The number of nitrogens with one attached hydrogen (secondary N) is 1. The van der Waals surface area contributed by atoms with Crippen LogP contribution in [0.25, 0.3) is 6.08 Å². The first-order valence-corrected chi connectivity index (χ1v) is 9.63. The fraction of sp³-hybridized carbons (Fsp3) is 0.286. The molecule has 0 spiro atoms. The molecule has 0 atom stereocenters. The van der Waals surface area contributed by atoms with E-state index in [1.807, 2.05) is 19.0 Å². The molecule has 3 nitrogen and oxygen atoms in total. The molecule has 150 valence electrons. The summed E-state index contributed by atoms with van der Waals surface area (Å²) in [4.78, 5) is 14.8. The summed E-state index contributed by atoms with van der Waals surface area (Å²) in [6, 6.07) is 12.5. The molecular weight excluding hydrogens is 385 g/mol. The van der Waals surface area contributed by atoms with Gasteiger partial charge in [-0.3, -0.25) is 4.79 Å². The highest BCUT2D eigenvalue weighted by molar-refractivity contribution is 7.99. The molecule has 0 fully saturated rings. The van der Waals surface area contributed by atoms with Gasteiger partial charge in [0.2, 0.25) is 5.91 Å². The molecule has 7 heteroatoms. The molecule has 0 aromatic heterocycles. The lowest BCUT2D eigenvalue weighted by atomic mass is 10.2. The number of alkyl halides is 3. The highest BCUT2D eigenvalue weighted by atomic mass is 32.2. The molecule has 2 aromatic carbocycles. The number of nitrogens with zero attached hydrogens (tertiary/aromatic N) is 1. The number of hydrogen-bond acceptors (Lipinski definition) is 3. The minimum Gasteiger partial charge on any atom is -0.353 e. The van der Waals surface area contributed by atoms with Crippen molar-refractivity contribution >= 4 is 23.7 Å². The van der Waals surface area contributed by atoms with Gasteiger partial charge in [0.1, 0.15) is 0 Å². The monoisotopic (exact) mass is 408 g/mol. The number of carbonyl (C=O) groups is 1. The number of carbonyl (C=O) groups excluding carboxylic acids is 1. The van der Waals surface area contributed by atoms with Crippen LogP contribution >= 0.6 is 11.8 Å². The number of rotatable bonds is 8. The second kappa shape index (κ2) is 10.3. The molecule has 0 bridgehead atoms. The van der Waals surface area contributed by atoms with E-state index in [0.717, 1.165) is 30.8 Å². The maximum absolute atomic E-state index is 13.2. The van der Waals surface area contributed by atoms with E-state index in [1.54, 1.807) is 36.4 Å². The SMILES string of the molecule is CN(C)CCCNC(=O)/C=C/c1ccccc1Sc1ccccc1C(F)(F)F. The van der Waals surface area contributed by atoms with Crippen LogP contribution in [0.3, 0.4) is 0 Å². The molecule has 28 heavy (non-hydrogen) atoms. The van der Waals surface area contributed by atoms with Crippen LogP contribution in [-0.2, 0) is 11.0 Å². The lowest BCUT2D eigenvalue weighted by Gasteiger charge is -2.13. The van der Waals surface area contributed by atoms with Crippen LogP contribution in [0, 0.1) is 0 Å². The van der Waals surface area contributed by atoms with Crippen molar-refractivity contribution in [1.29, 1.82) is 0 Å². The van der Waals surface area contributed by atoms with E-state index in [2.05, 4.69) is 5.32 Å². The molecule has 2 aromatic rings. The quantitative estimate of drug-likeness (QED) is 0.496. The van der Waals surface area contributed by atoms with E-state index in [-0.39, 0.29) is 10.8 Å². The standard InChI is InChI=1S/C21H23F3N2OS/c1-26(2)15-7-14-25-20(27)13-12-16-8-3-5-10-18(16)28-19-11-6-4-9-17(19)21(22,23)24/h3-6,8-13H,7,14-15H2,1-2H3,(H,25,27)/b13-12+. The Bertz CT molecular complexity index is 819. The fourth-order valence-corrected chi connectivity index (χ4v) is 3.53. The second-order valence-corrected chi connectivity index (χ2v) is 7.50. The molecule has 0 aliphatic rings. The second-order valence-electron chi connectivity index (χ2n) is 6.41. The Labute approximate surface area is 167 Å². The predicted octanol–water partition coefficient (Wildman–Crippen LogP) is 4.94. The zero-order valence-corrected chi connectivity index (χ0v) is 16.6. The highest BCUT2D eigenvalue weighted by Gasteiger charge is 2.33. The van der Waals surface area contributed by atoms with Gasteiger partial charge < -0.3 is 10.2 Å². The van der Waals surface area contributed by atoms with E-state index in [4.69, 9.17) is 0 Å². The highest BCUT2D eigenvalue weighted by Crippen LogP contribution is 2.40. The Morgan fingerprint density at radius 2 is 1.71 bits per heavy atom. The van der Waals surface area contributed by atoms with Gasteiger partial charge >= 0.3 is 6.18 Å². The average Bonchev–Trinajstić information content (AvgIpc) is 2.64. The van der Waals surface area contributed by atoms with Crippen molar-refractivity contribution in [3.05, 3.63) is 65.7 Å². The summed E-state index contributed by atoms with van der Waals surface area (Å²) >= 11 is 1.04. The Balaban J connectivity index is 2.09. The summed E-state index contributed by atoms with van der Waals surface area (Å²) in [6.07, 6.45) is -0.543. The topological polar surface area (TPSA) is 32.3 Å². The van der Waals surface area contributed by atoms with Crippen LogP contribution in [-0.4, -0.2) is 38.0 Å². The maximum atomic E-state index is 13.2. The Kier molecular flexibility index (Phi) is 8.14. The molecule has 0 unspecified atom stereocenters. The molecule has 0 saturated heterocycles. The van der Waals surface area contributed by atoms with Crippen molar-refractivity contribution in [2.45, 2.75) is 22.4 Å². The summed E-state index contributed by atoms with van der Waals surface area (Å²) in [6.45, 7) is 1.44. The fourth-order valence-electron chi connectivity index (χ4n) is 2.45. The van der Waals surface area contributed by atoms with Crippen LogP contribution in [0.5, 0.6) is 0 Å². The minimum absolute atomic E-state index is 0.129. The number of hydrogen-bond donors (Lipinski definition) is 1. The largest absolute Gasteiger partial charge is 0.417 e. The van der Waals surface area contributed by atoms with Gasteiger partial charge in [0.15, 0.2) is 0 Å². The first-order valence-electron chi connectivity index (χ1n) is 8.81. The molecular formula is C21H23F3N2OS. The number of amides is 1. The zero-order valence-electron chi connectivity index (χ0n) is 15.8. The Hall–Kier alpha value is -2.25. The summed E-state index contributed by atoms with van der Waals surface area (Å²) in [5, 5.41) is 2.80. The smallest absolute Gasteiger partial charge is 0.353 e. The van der Waals surface area contributed by atoms with Crippen LogP contribution in [0.1, 0.15) is 17.5 Å². The van der Waals surface area contributed by atoms with E-state index in [9.17, 15) is 18.0 Å².